The van der Waals surface area contributed by atoms with Crippen molar-refractivity contribution >= 4 is 11.9 Å². The van der Waals surface area contributed by atoms with Crippen molar-refractivity contribution in [2.75, 3.05) is 13.2 Å². The van der Waals surface area contributed by atoms with E-state index < -0.39 is 0 Å². The Morgan fingerprint density at radius 3 is 0.891 bits per heavy atom. The molecule has 2 atom stereocenters. The molecule has 0 radical (unpaired) electrons. The van der Waals surface area contributed by atoms with E-state index in [2.05, 4.69) is 27.7 Å². The standard InChI is InChI=1S/C42H82O4/c1-5-9-13-17-21-27-33-39(31-25-15-11-7-3)37-45-41(43)35-29-23-19-20-24-30-36-42(44)46-38-40(32-26-16-12-8-4)34-28-22-18-14-10-6-2/h39-40H,5-38H2,1-4H3. The third-order valence-corrected chi connectivity index (χ3v) is 9.84. The molecule has 0 spiro atoms. The van der Waals surface area contributed by atoms with Crippen LogP contribution in [-0.2, 0) is 19.1 Å². The second-order valence-corrected chi connectivity index (χ2v) is 14.5. The summed E-state index contributed by atoms with van der Waals surface area (Å²) in [4.78, 5) is 24.8. The van der Waals surface area contributed by atoms with E-state index >= 15 is 0 Å². The van der Waals surface area contributed by atoms with Gasteiger partial charge in [-0.3, -0.25) is 9.59 Å². The predicted octanol–water partition coefficient (Wildman–Crippen LogP) is 13.9. The van der Waals surface area contributed by atoms with Crippen LogP contribution < -0.4 is 0 Å². The van der Waals surface area contributed by atoms with Crippen molar-refractivity contribution in [3.63, 3.8) is 0 Å². The molecule has 0 aromatic carbocycles. The SMILES string of the molecule is CCCCCCCCC(CCCCCC)COC(=O)CCCCCCCCC(=O)OCC(CCCCCC)CCCCCCCC. The highest BCUT2D eigenvalue weighted by molar-refractivity contribution is 5.69. The van der Waals surface area contributed by atoms with E-state index in [1.54, 1.807) is 0 Å². The molecule has 2 unspecified atom stereocenters. The lowest BCUT2D eigenvalue weighted by Gasteiger charge is -2.17. The fourth-order valence-electron chi connectivity index (χ4n) is 6.58. The van der Waals surface area contributed by atoms with Gasteiger partial charge in [-0.25, -0.2) is 0 Å². The Labute approximate surface area is 288 Å². The Kier molecular flexibility index (Phi) is 35.9. The van der Waals surface area contributed by atoms with Crippen LogP contribution in [0.5, 0.6) is 0 Å². The Morgan fingerprint density at radius 1 is 0.348 bits per heavy atom. The number of hydrogen-bond acceptors (Lipinski definition) is 4. The zero-order chi connectivity index (χ0) is 33.8. The molecule has 0 fully saturated rings. The van der Waals surface area contributed by atoms with Gasteiger partial charge < -0.3 is 9.47 Å². The van der Waals surface area contributed by atoms with Crippen LogP contribution in [-0.4, -0.2) is 25.2 Å². The average Bonchev–Trinajstić information content (AvgIpc) is 3.06. The van der Waals surface area contributed by atoms with Crippen LogP contribution in [0.3, 0.4) is 0 Å². The summed E-state index contributed by atoms with van der Waals surface area (Å²) in [6, 6.07) is 0. The molecule has 0 amide bonds. The van der Waals surface area contributed by atoms with Crippen molar-refractivity contribution in [3.8, 4) is 0 Å². The van der Waals surface area contributed by atoms with E-state index in [0.29, 0.717) is 37.9 Å². The number of esters is 2. The summed E-state index contributed by atoms with van der Waals surface area (Å²) in [5, 5.41) is 0. The van der Waals surface area contributed by atoms with Gasteiger partial charge in [0.2, 0.25) is 0 Å². The van der Waals surface area contributed by atoms with Gasteiger partial charge in [0.15, 0.2) is 0 Å². The minimum Gasteiger partial charge on any atom is -0.465 e. The van der Waals surface area contributed by atoms with Crippen LogP contribution in [0.15, 0.2) is 0 Å². The minimum absolute atomic E-state index is 0.00981. The molecule has 4 heteroatoms. The summed E-state index contributed by atoms with van der Waals surface area (Å²) >= 11 is 0. The van der Waals surface area contributed by atoms with Crippen LogP contribution in [0.25, 0.3) is 0 Å². The maximum absolute atomic E-state index is 12.4. The summed E-state index contributed by atoms with van der Waals surface area (Å²) in [5.74, 6) is 1.06. The molecule has 0 aromatic heterocycles. The highest BCUT2D eigenvalue weighted by Gasteiger charge is 2.14. The van der Waals surface area contributed by atoms with Crippen molar-refractivity contribution < 1.29 is 19.1 Å². The van der Waals surface area contributed by atoms with Gasteiger partial charge in [-0.15, -0.1) is 0 Å². The van der Waals surface area contributed by atoms with Crippen LogP contribution >= 0.6 is 0 Å². The summed E-state index contributed by atoms with van der Waals surface area (Å²) < 4.78 is 11.5. The molecule has 0 saturated heterocycles. The Morgan fingerprint density at radius 2 is 0.587 bits per heavy atom. The number of unbranched alkanes of at least 4 members (excludes halogenated alkanes) is 21. The Hall–Kier alpha value is -1.06. The van der Waals surface area contributed by atoms with E-state index in [-0.39, 0.29) is 11.9 Å². The lowest BCUT2D eigenvalue weighted by Crippen LogP contribution is -2.14. The minimum atomic E-state index is -0.00981. The second-order valence-electron chi connectivity index (χ2n) is 14.5. The lowest BCUT2D eigenvalue weighted by atomic mass is 9.95. The maximum Gasteiger partial charge on any atom is 0.305 e. The molecule has 0 aliphatic carbocycles. The molecule has 0 aliphatic rings. The van der Waals surface area contributed by atoms with Crippen LogP contribution in [0.1, 0.15) is 233 Å². The smallest absolute Gasteiger partial charge is 0.305 e. The number of carbonyl (C=O) groups excluding carboxylic acids is 2. The molecule has 274 valence electrons. The van der Waals surface area contributed by atoms with Gasteiger partial charge in [0.1, 0.15) is 0 Å². The largest absolute Gasteiger partial charge is 0.465 e. The summed E-state index contributed by atoms with van der Waals surface area (Å²) in [5.41, 5.74) is 0. The van der Waals surface area contributed by atoms with Crippen LogP contribution in [0.4, 0.5) is 0 Å². The summed E-state index contributed by atoms with van der Waals surface area (Å²) in [6.07, 6.45) is 38.3. The van der Waals surface area contributed by atoms with Gasteiger partial charge in [-0.05, 0) is 50.4 Å². The fourth-order valence-corrected chi connectivity index (χ4v) is 6.58. The molecule has 0 N–H and O–H groups in total. The Bertz CT molecular complexity index is 579. The fraction of sp³-hybridized carbons (Fsp3) is 0.952. The second kappa shape index (κ2) is 36.8. The van der Waals surface area contributed by atoms with Crippen molar-refractivity contribution in [2.45, 2.75) is 233 Å². The molecule has 0 aliphatic heterocycles. The van der Waals surface area contributed by atoms with Gasteiger partial charge in [0.05, 0.1) is 13.2 Å². The third kappa shape index (κ3) is 32.9. The van der Waals surface area contributed by atoms with E-state index in [1.807, 2.05) is 0 Å². The third-order valence-electron chi connectivity index (χ3n) is 9.84. The zero-order valence-corrected chi connectivity index (χ0v) is 31.8. The van der Waals surface area contributed by atoms with Gasteiger partial charge in [0, 0.05) is 12.8 Å². The number of hydrogen-bond donors (Lipinski definition) is 0. The molecule has 46 heavy (non-hydrogen) atoms. The maximum atomic E-state index is 12.4. The first-order valence-corrected chi connectivity index (χ1v) is 20.9. The first kappa shape index (κ1) is 44.9. The molecule has 0 aromatic rings. The van der Waals surface area contributed by atoms with Crippen LogP contribution in [0, 0.1) is 11.8 Å². The highest BCUT2D eigenvalue weighted by atomic mass is 16.5. The lowest BCUT2D eigenvalue weighted by molar-refractivity contribution is -0.146. The van der Waals surface area contributed by atoms with Gasteiger partial charge >= 0.3 is 11.9 Å². The van der Waals surface area contributed by atoms with Crippen LogP contribution in [0.2, 0.25) is 0 Å². The van der Waals surface area contributed by atoms with Crippen molar-refractivity contribution in [3.05, 3.63) is 0 Å². The molecule has 0 saturated carbocycles. The number of ether oxygens (including phenoxy) is 2. The summed E-state index contributed by atoms with van der Waals surface area (Å²) in [7, 11) is 0. The highest BCUT2D eigenvalue weighted by Crippen LogP contribution is 2.21. The van der Waals surface area contributed by atoms with Gasteiger partial charge in [-0.2, -0.15) is 0 Å². The van der Waals surface area contributed by atoms with E-state index in [1.165, 1.54) is 154 Å². The normalized spacial score (nSPS) is 12.7. The predicted molar refractivity (Wildman–Crippen MR) is 199 cm³/mol. The number of rotatable bonds is 37. The number of carbonyl (C=O) groups is 2. The first-order chi connectivity index (χ1) is 22.6. The quantitative estimate of drug-likeness (QED) is 0.0496. The molecular weight excluding hydrogens is 568 g/mol. The van der Waals surface area contributed by atoms with Gasteiger partial charge in [-0.1, -0.05) is 182 Å². The molecule has 0 heterocycles. The van der Waals surface area contributed by atoms with E-state index in [4.69, 9.17) is 9.47 Å². The zero-order valence-electron chi connectivity index (χ0n) is 31.8. The molecule has 4 nitrogen and oxygen atoms in total. The average molecular weight is 651 g/mol. The summed E-state index contributed by atoms with van der Waals surface area (Å²) in [6.45, 7) is 10.3. The van der Waals surface area contributed by atoms with Crippen molar-refractivity contribution in [1.29, 1.82) is 0 Å². The topological polar surface area (TPSA) is 52.6 Å². The molecule has 0 rings (SSSR count). The Balaban J connectivity index is 4.02. The monoisotopic (exact) mass is 651 g/mol. The molecular formula is C42H82O4. The van der Waals surface area contributed by atoms with Crippen molar-refractivity contribution in [1.82, 2.24) is 0 Å². The van der Waals surface area contributed by atoms with E-state index in [9.17, 15) is 9.59 Å². The first-order valence-electron chi connectivity index (χ1n) is 20.9. The van der Waals surface area contributed by atoms with Gasteiger partial charge in [0.25, 0.3) is 0 Å². The van der Waals surface area contributed by atoms with Crippen molar-refractivity contribution in [2.24, 2.45) is 11.8 Å². The molecule has 0 bridgehead atoms. The van der Waals surface area contributed by atoms with E-state index in [0.717, 1.165) is 38.5 Å².